The van der Waals surface area contributed by atoms with Crippen LogP contribution >= 0.6 is 0 Å². The van der Waals surface area contributed by atoms with Gasteiger partial charge in [0.05, 0.1) is 0 Å². The lowest BCUT2D eigenvalue weighted by Gasteiger charge is -2.28. The van der Waals surface area contributed by atoms with Gasteiger partial charge in [-0.3, -0.25) is 14.6 Å². The number of hydrogen-bond acceptors (Lipinski definition) is 3. The second-order valence-corrected chi connectivity index (χ2v) is 6.63. The van der Waals surface area contributed by atoms with Gasteiger partial charge in [0, 0.05) is 18.7 Å². The van der Waals surface area contributed by atoms with Crippen molar-refractivity contribution in [2.75, 3.05) is 6.54 Å². The van der Waals surface area contributed by atoms with E-state index in [2.05, 4.69) is 17.1 Å². The van der Waals surface area contributed by atoms with E-state index in [1.165, 1.54) is 12.5 Å². The molecule has 25 heavy (non-hydrogen) atoms. The van der Waals surface area contributed by atoms with Crippen LogP contribution in [0.2, 0.25) is 0 Å². The van der Waals surface area contributed by atoms with Gasteiger partial charge >= 0.3 is 0 Å². The molecular weight excluding hydrogens is 310 g/mol. The summed E-state index contributed by atoms with van der Waals surface area (Å²) in [7, 11) is 0. The first-order valence-corrected chi connectivity index (χ1v) is 8.80. The molecule has 0 spiro atoms. The first-order valence-electron chi connectivity index (χ1n) is 8.80. The Balaban J connectivity index is 1.78. The van der Waals surface area contributed by atoms with E-state index in [4.69, 9.17) is 0 Å². The molecule has 1 aliphatic carbocycles. The Morgan fingerprint density at radius 3 is 2.28 bits per heavy atom. The lowest BCUT2D eigenvalue weighted by molar-refractivity contribution is -0.129. The van der Waals surface area contributed by atoms with E-state index >= 15 is 0 Å². The van der Waals surface area contributed by atoms with Gasteiger partial charge < -0.3 is 0 Å². The molecule has 0 heterocycles. The fourth-order valence-electron chi connectivity index (χ4n) is 3.54. The molecule has 0 aliphatic heterocycles. The summed E-state index contributed by atoms with van der Waals surface area (Å²) < 4.78 is 0. The summed E-state index contributed by atoms with van der Waals surface area (Å²) in [5.74, 6) is -0.600. The third-order valence-corrected chi connectivity index (χ3v) is 4.79. The smallest absolute Gasteiger partial charge is 0.149 e. The minimum Gasteiger partial charge on any atom is -0.299 e. The lowest BCUT2D eigenvalue weighted by atomic mass is 9.75. The van der Waals surface area contributed by atoms with E-state index in [9.17, 15) is 9.59 Å². The van der Waals surface area contributed by atoms with Crippen molar-refractivity contribution >= 4 is 17.3 Å². The summed E-state index contributed by atoms with van der Waals surface area (Å²) in [5, 5.41) is 0. The number of carbonyl (C=O) groups excluding carboxylic acids is 2. The van der Waals surface area contributed by atoms with Crippen molar-refractivity contribution in [2.24, 2.45) is 10.9 Å². The van der Waals surface area contributed by atoms with Gasteiger partial charge in [-0.2, -0.15) is 0 Å². The average molecular weight is 333 g/mol. The monoisotopic (exact) mass is 333 g/mol. The summed E-state index contributed by atoms with van der Waals surface area (Å²) in [5.41, 5.74) is 3.12. The van der Waals surface area contributed by atoms with Gasteiger partial charge in [0.25, 0.3) is 0 Å². The molecule has 0 aromatic heterocycles. The highest BCUT2D eigenvalue weighted by molar-refractivity contribution is 6.22. The predicted molar refractivity (Wildman–Crippen MR) is 100 cm³/mol. The maximum absolute atomic E-state index is 12.6. The molecule has 0 unspecified atom stereocenters. The van der Waals surface area contributed by atoms with Crippen molar-refractivity contribution < 1.29 is 9.59 Å². The molecule has 3 rings (SSSR count). The third-order valence-electron chi connectivity index (χ3n) is 4.79. The standard InChI is InChI=1S/C22H23NO2/c1-16(24)22-20(23-13-12-17-8-4-2-5-9-17)14-19(15-21(22)25)18-10-6-3-7-11-18/h2-11,19,22H,12-15H2,1H3/t19-,22-/m1/s1. The van der Waals surface area contributed by atoms with Crippen LogP contribution in [0.15, 0.2) is 65.7 Å². The Kier molecular flexibility index (Phi) is 5.54. The van der Waals surface area contributed by atoms with E-state index in [1.54, 1.807) is 0 Å². The molecule has 2 aromatic rings. The fraction of sp³-hybridized carbons (Fsp3) is 0.318. The number of carbonyl (C=O) groups is 2. The summed E-state index contributed by atoms with van der Waals surface area (Å²) in [4.78, 5) is 29.2. The maximum Gasteiger partial charge on any atom is 0.149 e. The zero-order chi connectivity index (χ0) is 17.6. The zero-order valence-electron chi connectivity index (χ0n) is 14.5. The first kappa shape index (κ1) is 17.3. The molecule has 1 aliphatic rings. The lowest BCUT2D eigenvalue weighted by Crippen LogP contribution is -2.37. The highest BCUT2D eigenvalue weighted by Gasteiger charge is 2.36. The Hall–Kier alpha value is -2.55. The Morgan fingerprint density at radius 2 is 1.64 bits per heavy atom. The van der Waals surface area contributed by atoms with E-state index in [1.807, 2.05) is 48.5 Å². The fourth-order valence-corrected chi connectivity index (χ4v) is 3.54. The second kappa shape index (κ2) is 8.02. The van der Waals surface area contributed by atoms with Crippen molar-refractivity contribution in [1.29, 1.82) is 0 Å². The quantitative estimate of drug-likeness (QED) is 0.776. The minimum absolute atomic E-state index is 0.00561. The summed E-state index contributed by atoms with van der Waals surface area (Å²) in [6.07, 6.45) is 1.93. The normalized spacial score (nSPS) is 22.1. The van der Waals surface area contributed by atoms with E-state index < -0.39 is 5.92 Å². The molecule has 1 fully saturated rings. The van der Waals surface area contributed by atoms with Gasteiger partial charge in [0.2, 0.25) is 0 Å². The minimum atomic E-state index is -0.643. The number of ketones is 2. The Morgan fingerprint density at radius 1 is 1.00 bits per heavy atom. The molecule has 0 N–H and O–H groups in total. The van der Waals surface area contributed by atoms with E-state index in [-0.39, 0.29) is 17.5 Å². The van der Waals surface area contributed by atoms with Crippen LogP contribution in [0, 0.1) is 5.92 Å². The van der Waals surface area contributed by atoms with Crippen molar-refractivity contribution in [1.82, 2.24) is 0 Å². The van der Waals surface area contributed by atoms with Gasteiger partial charge in [-0.05, 0) is 36.8 Å². The highest BCUT2D eigenvalue weighted by Crippen LogP contribution is 2.32. The number of Topliss-reactive ketones (excluding diaryl/α,β-unsaturated/α-hetero) is 2. The van der Waals surface area contributed by atoms with Crippen molar-refractivity contribution in [2.45, 2.75) is 32.1 Å². The van der Waals surface area contributed by atoms with E-state index in [0.29, 0.717) is 19.4 Å². The largest absolute Gasteiger partial charge is 0.299 e. The number of rotatable bonds is 5. The van der Waals surface area contributed by atoms with Crippen molar-refractivity contribution in [3.8, 4) is 0 Å². The molecular formula is C22H23NO2. The molecule has 2 aromatic carbocycles. The van der Waals surface area contributed by atoms with Crippen LogP contribution in [0.3, 0.4) is 0 Å². The van der Waals surface area contributed by atoms with E-state index in [0.717, 1.165) is 17.7 Å². The molecule has 128 valence electrons. The third kappa shape index (κ3) is 4.30. The first-order chi connectivity index (χ1) is 12.1. The predicted octanol–water partition coefficient (Wildman–Crippen LogP) is 4.02. The van der Waals surface area contributed by atoms with Crippen LogP contribution in [0.1, 0.15) is 36.8 Å². The number of aliphatic imine (C=N–C) groups is 1. The van der Waals surface area contributed by atoms with Crippen LogP contribution in [-0.4, -0.2) is 23.8 Å². The molecule has 0 bridgehead atoms. The second-order valence-electron chi connectivity index (χ2n) is 6.63. The van der Waals surface area contributed by atoms with Crippen LogP contribution in [0.5, 0.6) is 0 Å². The zero-order valence-corrected chi connectivity index (χ0v) is 14.5. The molecule has 0 radical (unpaired) electrons. The van der Waals surface area contributed by atoms with Crippen LogP contribution in [0.25, 0.3) is 0 Å². The van der Waals surface area contributed by atoms with Crippen LogP contribution in [-0.2, 0) is 16.0 Å². The van der Waals surface area contributed by atoms with Gasteiger partial charge in [-0.15, -0.1) is 0 Å². The summed E-state index contributed by atoms with van der Waals surface area (Å²) >= 11 is 0. The van der Waals surface area contributed by atoms with Gasteiger partial charge in [0.15, 0.2) is 0 Å². The summed E-state index contributed by atoms with van der Waals surface area (Å²) in [6, 6.07) is 20.2. The SMILES string of the molecule is CC(=O)[C@H]1C(=O)C[C@H](c2ccccc2)CC1=NCCc1ccccc1. The molecule has 2 atom stereocenters. The molecule has 3 heteroatoms. The van der Waals surface area contributed by atoms with Gasteiger partial charge in [-0.25, -0.2) is 0 Å². The van der Waals surface area contributed by atoms with Gasteiger partial charge in [0.1, 0.15) is 17.5 Å². The molecule has 0 amide bonds. The van der Waals surface area contributed by atoms with Crippen LogP contribution in [0.4, 0.5) is 0 Å². The maximum atomic E-state index is 12.6. The number of benzene rings is 2. The highest BCUT2D eigenvalue weighted by atomic mass is 16.1. The average Bonchev–Trinajstić information content (AvgIpc) is 2.62. The Labute approximate surface area is 148 Å². The number of nitrogens with zero attached hydrogens (tertiary/aromatic N) is 1. The van der Waals surface area contributed by atoms with Gasteiger partial charge in [-0.1, -0.05) is 60.7 Å². The number of hydrogen-bond donors (Lipinski definition) is 0. The Bertz CT molecular complexity index is 765. The summed E-state index contributed by atoms with van der Waals surface area (Å²) in [6.45, 7) is 2.11. The topological polar surface area (TPSA) is 46.5 Å². The molecule has 1 saturated carbocycles. The molecule has 0 saturated heterocycles. The van der Waals surface area contributed by atoms with Crippen molar-refractivity contribution in [3.63, 3.8) is 0 Å². The van der Waals surface area contributed by atoms with Crippen LogP contribution < -0.4 is 0 Å². The molecule has 3 nitrogen and oxygen atoms in total. The van der Waals surface area contributed by atoms with Crippen molar-refractivity contribution in [3.05, 3.63) is 71.8 Å².